The molecule has 5 heteroatoms. The zero-order valence-corrected chi connectivity index (χ0v) is 9.95. The van der Waals surface area contributed by atoms with Crippen molar-refractivity contribution in [1.82, 2.24) is 14.9 Å². The van der Waals surface area contributed by atoms with Gasteiger partial charge in [0.1, 0.15) is 12.7 Å². The molecule has 0 unspecified atom stereocenters. The summed E-state index contributed by atoms with van der Waals surface area (Å²) in [5.74, 6) is 0. The molecule has 0 spiro atoms. The van der Waals surface area contributed by atoms with Crippen molar-refractivity contribution >= 4 is 28.2 Å². The minimum Gasteiger partial charge on any atom is -0.208 e. The van der Waals surface area contributed by atoms with E-state index < -0.39 is 0 Å². The zero-order chi connectivity index (χ0) is 11.2. The quantitative estimate of drug-likeness (QED) is 0.809. The third-order valence-corrected chi connectivity index (χ3v) is 2.26. The predicted molar refractivity (Wildman–Crippen MR) is 67.3 cm³/mol. The molecule has 0 amide bonds. The highest BCUT2D eigenvalue weighted by Crippen LogP contribution is 2.09. The molecule has 16 heavy (non-hydrogen) atoms. The zero-order valence-electron chi connectivity index (χ0n) is 8.36. The molecule has 0 fully saturated rings. The summed E-state index contributed by atoms with van der Waals surface area (Å²) in [5, 5.41) is 11.4. The van der Waals surface area contributed by atoms with Crippen LogP contribution in [0.15, 0.2) is 52.6 Å². The lowest BCUT2D eigenvalue weighted by Gasteiger charge is -1.93. The smallest absolute Gasteiger partial charge is 0.141 e. The second-order valence-electron chi connectivity index (χ2n) is 3.03. The van der Waals surface area contributed by atoms with Crippen molar-refractivity contribution in [2.45, 2.75) is 0 Å². The second kappa shape index (κ2) is 5.37. The number of hydrogen-bond acceptors (Lipinski definition) is 3. The molecule has 0 aliphatic rings. The normalized spacial score (nSPS) is 12.2. The van der Waals surface area contributed by atoms with Crippen molar-refractivity contribution in [3.05, 3.63) is 53.0 Å². The maximum absolute atomic E-state index is 4.11. The van der Waals surface area contributed by atoms with Gasteiger partial charge in [-0.25, -0.2) is 4.68 Å². The van der Waals surface area contributed by atoms with Crippen molar-refractivity contribution in [3.63, 3.8) is 0 Å². The van der Waals surface area contributed by atoms with Gasteiger partial charge in [-0.3, -0.25) is 0 Å². The predicted octanol–water partition coefficient (Wildman–Crippen LogP) is 2.55. The molecule has 1 heterocycles. The molecular formula is C11H9BrN4. The SMILES string of the molecule is Br/C(C=Nn1cnnc1)=C/c1ccccc1. The first-order chi connectivity index (χ1) is 7.84. The van der Waals surface area contributed by atoms with Crippen molar-refractivity contribution < 1.29 is 0 Å². The van der Waals surface area contributed by atoms with E-state index in [1.807, 2.05) is 36.4 Å². The summed E-state index contributed by atoms with van der Waals surface area (Å²) < 4.78 is 2.41. The van der Waals surface area contributed by atoms with E-state index in [0.29, 0.717) is 0 Å². The maximum atomic E-state index is 4.11. The van der Waals surface area contributed by atoms with Crippen molar-refractivity contribution in [1.29, 1.82) is 0 Å². The van der Waals surface area contributed by atoms with E-state index in [0.717, 1.165) is 10.0 Å². The number of benzene rings is 1. The molecule has 0 aliphatic carbocycles. The van der Waals surface area contributed by atoms with Crippen LogP contribution in [0.3, 0.4) is 0 Å². The topological polar surface area (TPSA) is 43.1 Å². The fraction of sp³-hybridized carbons (Fsp3) is 0. The van der Waals surface area contributed by atoms with E-state index in [9.17, 15) is 0 Å². The van der Waals surface area contributed by atoms with Gasteiger partial charge in [0.05, 0.1) is 6.21 Å². The number of halogens is 1. The van der Waals surface area contributed by atoms with Gasteiger partial charge in [-0.1, -0.05) is 30.3 Å². The van der Waals surface area contributed by atoms with E-state index in [4.69, 9.17) is 0 Å². The van der Waals surface area contributed by atoms with E-state index in [1.165, 1.54) is 17.3 Å². The monoisotopic (exact) mass is 276 g/mol. The molecule has 80 valence electrons. The van der Waals surface area contributed by atoms with E-state index in [-0.39, 0.29) is 0 Å². The summed E-state index contributed by atoms with van der Waals surface area (Å²) in [6, 6.07) is 10.0. The van der Waals surface area contributed by atoms with Crippen LogP contribution in [0.25, 0.3) is 6.08 Å². The van der Waals surface area contributed by atoms with Crippen LogP contribution in [0.2, 0.25) is 0 Å². The summed E-state index contributed by atoms with van der Waals surface area (Å²) in [5.41, 5.74) is 1.12. The highest BCUT2D eigenvalue weighted by molar-refractivity contribution is 9.12. The number of allylic oxidation sites excluding steroid dienone is 1. The van der Waals surface area contributed by atoms with Crippen LogP contribution in [0.4, 0.5) is 0 Å². The van der Waals surface area contributed by atoms with Crippen LogP contribution in [0.1, 0.15) is 5.56 Å². The van der Waals surface area contributed by atoms with Crippen molar-refractivity contribution in [3.8, 4) is 0 Å². The first kappa shape index (κ1) is 10.8. The Morgan fingerprint density at radius 3 is 2.56 bits per heavy atom. The molecule has 0 saturated carbocycles. The third kappa shape index (κ3) is 3.13. The summed E-state index contributed by atoms with van der Waals surface area (Å²) in [6.07, 6.45) is 6.73. The molecule has 0 N–H and O–H groups in total. The Morgan fingerprint density at radius 2 is 1.88 bits per heavy atom. The molecule has 1 aromatic carbocycles. The van der Waals surface area contributed by atoms with Crippen LogP contribution < -0.4 is 0 Å². The van der Waals surface area contributed by atoms with Gasteiger partial charge >= 0.3 is 0 Å². The number of aromatic nitrogens is 3. The molecule has 0 saturated heterocycles. The Morgan fingerprint density at radius 1 is 1.19 bits per heavy atom. The Balaban J connectivity index is 2.09. The van der Waals surface area contributed by atoms with Crippen LogP contribution in [0, 0.1) is 0 Å². The van der Waals surface area contributed by atoms with Gasteiger partial charge in [0.2, 0.25) is 0 Å². The average Bonchev–Trinajstić information content (AvgIpc) is 2.81. The maximum Gasteiger partial charge on any atom is 0.141 e. The molecule has 4 nitrogen and oxygen atoms in total. The molecular weight excluding hydrogens is 268 g/mol. The number of nitrogens with zero attached hydrogens (tertiary/aromatic N) is 4. The minimum absolute atomic E-state index is 0.882. The van der Waals surface area contributed by atoms with Gasteiger partial charge in [0.15, 0.2) is 0 Å². The van der Waals surface area contributed by atoms with Crippen LogP contribution in [0.5, 0.6) is 0 Å². The van der Waals surface area contributed by atoms with Crippen molar-refractivity contribution in [2.24, 2.45) is 5.10 Å². The van der Waals surface area contributed by atoms with Gasteiger partial charge < -0.3 is 0 Å². The lowest BCUT2D eigenvalue weighted by Crippen LogP contribution is -1.84. The highest BCUT2D eigenvalue weighted by atomic mass is 79.9. The molecule has 0 aliphatic heterocycles. The van der Waals surface area contributed by atoms with Crippen LogP contribution in [-0.2, 0) is 0 Å². The molecule has 2 aromatic rings. The molecule has 0 atom stereocenters. The Labute approximate surface area is 101 Å². The van der Waals surface area contributed by atoms with Crippen LogP contribution >= 0.6 is 15.9 Å². The Kier molecular flexibility index (Phi) is 3.61. The highest BCUT2D eigenvalue weighted by Gasteiger charge is 1.89. The van der Waals surface area contributed by atoms with Gasteiger partial charge in [0, 0.05) is 4.48 Å². The minimum atomic E-state index is 0.882. The number of hydrogen-bond donors (Lipinski definition) is 0. The summed E-state index contributed by atoms with van der Waals surface area (Å²) in [4.78, 5) is 0. The lowest BCUT2D eigenvalue weighted by atomic mass is 10.2. The summed E-state index contributed by atoms with van der Waals surface area (Å²) >= 11 is 3.42. The summed E-state index contributed by atoms with van der Waals surface area (Å²) in [7, 11) is 0. The Bertz CT molecular complexity index is 488. The van der Waals surface area contributed by atoms with Gasteiger partial charge in [-0.15, -0.1) is 10.2 Å². The van der Waals surface area contributed by atoms with Gasteiger partial charge in [0.25, 0.3) is 0 Å². The molecule has 2 rings (SSSR count). The van der Waals surface area contributed by atoms with E-state index in [2.05, 4.69) is 31.2 Å². The molecule has 0 radical (unpaired) electrons. The lowest BCUT2D eigenvalue weighted by molar-refractivity contribution is 0.879. The fourth-order valence-electron chi connectivity index (χ4n) is 1.12. The van der Waals surface area contributed by atoms with Gasteiger partial charge in [-0.05, 0) is 27.6 Å². The largest absolute Gasteiger partial charge is 0.208 e. The molecule has 0 bridgehead atoms. The average molecular weight is 277 g/mol. The van der Waals surface area contributed by atoms with Gasteiger partial charge in [-0.2, -0.15) is 5.10 Å². The molecule has 1 aromatic heterocycles. The van der Waals surface area contributed by atoms with E-state index in [1.54, 1.807) is 6.21 Å². The first-order valence-corrected chi connectivity index (χ1v) is 5.45. The Hall–Kier alpha value is -1.75. The van der Waals surface area contributed by atoms with Crippen molar-refractivity contribution in [2.75, 3.05) is 0 Å². The standard InChI is InChI=1S/C11H9BrN4/c12-11(6-10-4-2-1-3-5-10)7-15-16-8-13-14-9-16/h1-9H/b11-6+,15-7?. The van der Waals surface area contributed by atoms with E-state index >= 15 is 0 Å². The first-order valence-electron chi connectivity index (χ1n) is 4.66. The summed E-state index contributed by atoms with van der Waals surface area (Å²) in [6.45, 7) is 0. The van der Waals surface area contributed by atoms with Crippen LogP contribution in [-0.4, -0.2) is 21.1 Å². The second-order valence-corrected chi connectivity index (χ2v) is 3.94. The number of rotatable bonds is 3. The fourth-order valence-corrected chi connectivity index (χ4v) is 1.48. The third-order valence-electron chi connectivity index (χ3n) is 1.83.